The third kappa shape index (κ3) is 3.84. The predicted octanol–water partition coefficient (Wildman–Crippen LogP) is 3.76. The first-order valence-corrected chi connectivity index (χ1v) is 7.16. The van der Waals surface area contributed by atoms with Gasteiger partial charge in [-0.3, -0.25) is 14.9 Å². The fourth-order valence-electron chi connectivity index (χ4n) is 2.10. The molecule has 2 aromatic rings. The minimum Gasteiger partial charge on any atom is -0.321 e. The maximum atomic E-state index is 12.3. The van der Waals surface area contributed by atoms with Gasteiger partial charge >= 0.3 is 0 Å². The molecular formula is C18H15N3O3. The second-order valence-electron chi connectivity index (χ2n) is 5.24. The van der Waals surface area contributed by atoms with Crippen molar-refractivity contribution in [3.63, 3.8) is 0 Å². The van der Waals surface area contributed by atoms with E-state index in [0.29, 0.717) is 5.69 Å². The minimum atomic E-state index is -0.612. The Bertz CT molecular complexity index is 879. The largest absolute Gasteiger partial charge is 0.321 e. The van der Waals surface area contributed by atoms with Crippen LogP contribution in [0.4, 0.5) is 11.4 Å². The van der Waals surface area contributed by atoms with E-state index in [2.05, 4.69) is 5.32 Å². The summed E-state index contributed by atoms with van der Waals surface area (Å²) >= 11 is 0. The lowest BCUT2D eigenvalue weighted by molar-refractivity contribution is -0.385. The lowest BCUT2D eigenvalue weighted by Crippen LogP contribution is -2.13. The third-order valence-corrected chi connectivity index (χ3v) is 3.56. The first-order chi connectivity index (χ1) is 11.4. The fourth-order valence-corrected chi connectivity index (χ4v) is 2.10. The van der Waals surface area contributed by atoms with E-state index in [9.17, 15) is 20.2 Å². The van der Waals surface area contributed by atoms with E-state index in [1.54, 1.807) is 24.3 Å². The van der Waals surface area contributed by atoms with Gasteiger partial charge in [0.2, 0.25) is 0 Å². The molecule has 120 valence electrons. The number of amides is 1. The van der Waals surface area contributed by atoms with Crippen LogP contribution in [0.3, 0.4) is 0 Å². The van der Waals surface area contributed by atoms with E-state index in [0.717, 1.165) is 11.1 Å². The van der Waals surface area contributed by atoms with Crippen molar-refractivity contribution in [1.82, 2.24) is 0 Å². The van der Waals surface area contributed by atoms with Gasteiger partial charge in [0.25, 0.3) is 11.6 Å². The number of hydrogen-bond acceptors (Lipinski definition) is 4. The van der Waals surface area contributed by atoms with Crippen molar-refractivity contribution >= 4 is 23.4 Å². The van der Waals surface area contributed by atoms with Gasteiger partial charge < -0.3 is 5.32 Å². The molecule has 0 radical (unpaired) electrons. The van der Waals surface area contributed by atoms with Crippen LogP contribution in [0.2, 0.25) is 0 Å². The first kappa shape index (κ1) is 16.9. The zero-order chi connectivity index (χ0) is 17.7. The quantitative estimate of drug-likeness (QED) is 0.401. The van der Waals surface area contributed by atoms with Crippen molar-refractivity contribution in [1.29, 1.82) is 5.26 Å². The molecule has 0 spiro atoms. The molecule has 0 heterocycles. The van der Waals surface area contributed by atoms with Crippen LogP contribution in [0, 0.1) is 35.3 Å². The van der Waals surface area contributed by atoms with E-state index in [4.69, 9.17) is 0 Å². The topological polar surface area (TPSA) is 96.0 Å². The summed E-state index contributed by atoms with van der Waals surface area (Å²) in [5.74, 6) is -0.612. The summed E-state index contributed by atoms with van der Waals surface area (Å²) in [4.78, 5) is 22.7. The SMILES string of the molecule is Cc1ccc(NC(=O)C(C#N)=Cc2ccccc2[N+](=O)[O-])cc1C. The van der Waals surface area contributed by atoms with Crippen LogP contribution in [0.25, 0.3) is 6.08 Å². The Kier molecular flexibility index (Phi) is 5.07. The molecule has 0 aliphatic carbocycles. The van der Waals surface area contributed by atoms with Crippen LogP contribution >= 0.6 is 0 Å². The van der Waals surface area contributed by atoms with Crippen LogP contribution in [0.1, 0.15) is 16.7 Å². The second kappa shape index (κ2) is 7.20. The molecule has 0 saturated carbocycles. The lowest BCUT2D eigenvalue weighted by atomic mass is 10.1. The van der Waals surface area contributed by atoms with Crippen molar-refractivity contribution in [3.8, 4) is 6.07 Å². The zero-order valence-corrected chi connectivity index (χ0v) is 13.2. The number of benzene rings is 2. The van der Waals surface area contributed by atoms with Crippen molar-refractivity contribution < 1.29 is 9.72 Å². The Morgan fingerprint density at radius 3 is 2.54 bits per heavy atom. The first-order valence-electron chi connectivity index (χ1n) is 7.16. The van der Waals surface area contributed by atoms with Gasteiger partial charge in [-0.05, 0) is 49.2 Å². The highest BCUT2D eigenvalue weighted by atomic mass is 16.6. The Labute approximate surface area is 139 Å². The van der Waals surface area contributed by atoms with Gasteiger partial charge in [-0.1, -0.05) is 18.2 Å². The molecule has 0 unspecified atom stereocenters. The van der Waals surface area contributed by atoms with E-state index >= 15 is 0 Å². The molecule has 0 aliphatic rings. The summed E-state index contributed by atoms with van der Waals surface area (Å²) in [5, 5.41) is 22.9. The minimum absolute atomic E-state index is 0.163. The number of rotatable bonds is 4. The van der Waals surface area contributed by atoms with Crippen molar-refractivity contribution in [2.75, 3.05) is 5.32 Å². The normalized spacial score (nSPS) is 10.8. The summed E-state index contributed by atoms with van der Waals surface area (Å²) in [6.45, 7) is 3.87. The van der Waals surface area contributed by atoms with Gasteiger partial charge in [-0.25, -0.2) is 0 Å². The van der Waals surface area contributed by atoms with Gasteiger partial charge in [-0.15, -0.1) is 0 Å². The Morgan fingerprint density at radius 1 is 1.21 bits per heavy atom. The predicted molar refractivity (Wildman–Crippen MR) is 91.2 cm³/mol. The van der Waals surface area contributed by atoms with Crippen LogP contribution < -0.4 is 5.32 Å². The number of nitrogens with zero attached hydrogens (tertiary/aromatic N) is 2. The summed E-state index contributed by atoms with van der Waals surface area (Å²) in [6, 6.07) is 13.1. The molecule has 0 fully saturated rings. The highest BCUT2D eigenvalue weighted by Crippen LogP contribution is 2.21. The molecule has 6 nitrogen and oxygen atoms in total. The van der Waals surface area contributed by atoms with Gasteiger partial charge in [-0.2, -0.15) is 5.26 Å². The van der Waals surface area contributed by atoms with Crippen LogP contribution in [0.15, 0.2) is 48.0 Å². The molecule has 0 aliphatic heterocycles. The maximum absolute atomic E-state index is 12.3. The highest BCUT2D eigenvalue weighted by molar-refractivity contribution is 6.10. The average Bonchev–Trinajstić information content (AvgIpc) is 2.56. The van der Waals surface area contributed by atoms with Crippen molar-refractivity contribution in [3.05, 3.63) is 74.8 Å². The van der Waals surface area contributed by atoms with E-state index in [1.807, 2.05) is 19.9 Å². The molecule has 1 N–H and O–H groups in total. The maximum Gasteiger partial charge on any atom is 0.276 e. The molecule has 1 amide bonds. The van der Waals surface area contributed by atoms with Gasteiger partial charge in [0.05, 0.1) is 10.5 Å². The number of para-hydroxylation sites is 1. The third-order valence-electron chi connectivity index (χ3n) is 3.56. The number of nitro groups is 1. The standard InChI is InChI=1S/C18H15N3O3/c1-12-7-8-16(9-13(12)2)20-18(22)15(11-19)10-14-5-3-4-6-17(14)21(23)24/h3-10H,1-2H3,(H,20,22). The lowest BCUT2D eigenvalue weighted by Gasteiger charge is -2.07. The van der Waals surface area contributed by atoms with Crippen molar-refractivity contribution in [2.24, 2.45) is 0 Å². The summed E-state index contributed by atoms with van der Waals surface area (Å²) in [7, 11) is 0. The summed E-state index contributed by atoms with van der Waals surface area (Å²) in [6.07, 6.45) is 1.22. The van der Waals surface area contributed by atoms with Crippen LogP contribution in [-0.4, -0.2) is 10.8 Å². The second-order valence-corrected chi connectivity index (χ2v) is 5.24. The van der Waals surface area contributed by atoms with Gasteiger partial charge in [0, 0.05) is 11.8 Å². The molecule has 2 aromatic carbocycles. The summed E-state index contributed by atoms with van der Waals surface area (Å²) in [5.41, 5.74) is 2.49. The number of carbonyl (C=O) groups excluding carboxylic acids is 1. The molecule has 6 heteroatoms. The molecule has 0 atom stereocenters. The number of anilines is 1. The average molecular weight is 321 g/mol. The van der Waals surface area contributed by atoms with E-state index in [-0.39, 0.29) is 16.8 Å². The Morgan fingerprint density at radius 2 is 1.92 bits per heavy atom. The Balaban J connectivity index is 2.31. The number of hydrogen-bond donors (Lipinski definition) is 1. The number of nitrogens with one attached hydrogen (secondary N) is 1. The highest BCUT2D eigenvalue weighted by Gasteiger charge is 2.15. The molecule has 2 rings (SSSR count). The van der Waals surface area contributed by atoms with Crippen molar-refractivity contribution in [2.45, 2.75) is 13.8 Å². The molecule has 0 bridgehead atoms. The number of aryl methyl sites for hydroxylation is 2. The number of carbonyl (C=O) groups is 1. The van der Waals surface area contributed by atoms with E-state index in [1.165, 1.54) is 24.3 Å². The number of nitro benzene ring substituents is 1. The molecule has 24 heavy (non-hydrogen) atoms. The van der Waals surface area contributed by atoms with Crippen LogP contribution in [-0.2, 0) is 4.79 Å². The fraction of sp³-hybridized carbons (Fsp3) is 0.111. The monoisotopic (exact) mass is 321 g/mol. The van der Waals surface area contributed by atoms with Gasteiger partial charge in [0.1, 0.15) is 11.6 Å². The zero-order valence-electron chi connectivity index (χ0n) is 13.2. The Hall–Kier alpha value is -3.46. The molecular weight excluding hydrogens is 306 g/mol. The summed E-state index contributed by atoms with van der Waals surface area (Å²) < 4.78 is 0. The van der Waals surface area contributed by atoms with Gasteiger partial charge in [0.15, 0.2) is 0 Å². The molecule has 0 aromatic heterocycles. The molecule has 0 saturated heterocycles. The number of nitriles is 1. The smallest absolute Gasteiger partial charge is 0.276 e. The van der Waals surface area contributed by atoms with Crippen LogP contribution in [0.5, 0.6) is 0 Å². The van der Waals surface area contributed by atoms with E-state index < -0.39 is 10.8 Å².